The van der Waals surface area contributed by atoms with E-state index >= 15 is 0 Å². The zero-order valence-electron chi connectivity index (χ0n) is 15.0. The Morgan fingerprint density at radius 2 is 2.08 bits per heavy atom. The van der Waals surface area contributed by atoms with Gasteiger partial charge in [-0.25, -0.2) is 0 Å². The molecule has 0 amide bonds. The highest BCUT2D eigenvalue weighted by Crippen LogP contribution is 2.50. The fourth-order valence-electron chi connectivity index (χ4n) is 5.59. The van der Waals surface area contributed by atoms with E-state index < -0.39 is 12.0 Å². The predicted octanol–water partition coefficient (Wildman–Crippen LogP) is 1.89. The number of ether oxygens (including phenoxy) is 3. The largest absolute Gasteiger partial charge is 0.469 e. The first-order chi connectivity index (χ1) is 12.7. The van der Waals surface area contributed by atoms with Crippen LogP contribution in [0.15, 0.2) is 12.1 Å². The molecule has 5 atom stereocenters. The minimum absolute atomic E-state index is 0.170. The van der Waals surface area contributed by atoms with Crippen molar-refractivity contribution in [3.05, 3.63) is 23.3 Å². The maximum Gasteiger partial charge on any atom is 0.311 e. The Bertz CT molecular complexity index is 735. The van der Waals surface area contributed by atoms with Crippen molar-refractivity contribution in [1.82, 2.24) is 4.90 Å². The number of esters is 1. The first kappa shape index (κ1) is 16.4. The number of piperidine rings is 1. The van der Waals surface area contributed by atoms with E-state index in [1.54, 1.807) is 0 Å². The van der Waals surface area contributed by atoms with Gasteiger partial charge in [0.2, 0.25) is 6.79 Å². The number of carbonyl (C=O) groups excluding carboxylic acids is 1. The zero-order chi connectivity index (χ0) is 17.8. The number of carbonyl (C=O) groups is 1. The smallest absolute Gasteiger partial charge is 0.311 e. The van der Waals surface area contributed by atoms with Crippen LogP contribution in [0.5, 0.6) is 11.5 Å². The van der Waals surface area contributed by atoms with Crippen molar-refractivity contribution in [1.29, 1.82) is 0 Å². The van der Waals surface area contributed by atoms with Gasteiger partial charge in [-0.1, -0.05) is 0 Å². The molecule has 1 saturated heterocycles. The zero-order valence-corrected chi connectivity index (χ0v) is 15.0. The van der Waals surface area contributed by atoms with E-state index in [9.17, 15) is 9.90 Å². The summed E-state index contributed by atoms with van der Waals surface area (Å²) in [5.74, 6) is 1.62. The van der Waals surface area contributed by atoms with Crippen LogP contribution >= 0.6 is 0 Å². The topological polar surface area (TPSA) is 68.2 Å². The van der Waals surface area contributed by atoms with E-state index in [2.05, 4.69) is 17.0 Å². The normalized spacial score (nSPS) is 35.2. The number of methoxy groups -OCH3 is 1. The van der Waals surface area contributed by atoms with Crippen molar-refractivity contribution in [2.75, 3.05) is 27.0 Å². The van der Waals surface area contributed by atoms with Gasteiger partial charge in [-0.2, -0.15) is 0 Å². The van der Waals surface area contributed by atoms with Gasteiger partial charge in [-0.3, -0.25) is 9.69 Å². The third-order valence-electron chi connectivity index (χ3n) is 6.85. The molecule has 140 valence electrons. The van der Waals surface area contributed by atoms with Gasteiger partial charge >= 0.3 is 5.97 Å². The molecule has 3 heterocycles. The highest BCUT2D eigenvalue weighted by atomic mass is 16.7. The molecule has 26 heavy (non-hydrogen) atoms. The Hall–Kier alpha value is -1.79. The highest BCUT2D eigenvalue weighted by molar-refractivity contribution is 5.73. The minimum Gasteiger partial charge on any atom is -0.469 e. The third kappa shape index (κ3) is 2.42. The van der Waals surface area contributed by atoms with E-state index in [1.165, 1.54) is 18.2 Å². The fourth-order valence-corrected chi connectivity index (χ4v) is 5.59. The number of hydrogen-bond acceptors (Lipinski definition) is 6. The summed E-state index contributed by atoms with van der Waals surface area (Å²) >= 11 is 0. The molecule has 1 saturated carbocycles. The molecule has 1 aromatic rings. The van der Waals surface area contributed by atoms with Crippen LogP contribution in [0.25, 0.3) is 0 Å². The number of benzene rings is 1. The van der Waals surface area contributed by atoms with Crippen LogP contribution < -0.4 is 9.47 Å². The van der Waals surface area contributed by atoms with E-state index in [1.807, 2.05) is 0 Å². The Morgan fingerprint density at radius 3 is 2.88 bits per heavy atom. The monoisotopic (exact) mass is 359 g/mol. The van der Waals surface area contributed by atoms with Gasteiger partial charge in [0.1, 0.15) is 0 Å². The Balaban J connectivity index is 1.49. The molecule has 0 unspecified atom stereocenters. The first-order valence-corrected chi connectivity index (χ1v) is 9.58. The van der Waals surface area contributed by atoms with Gasteiger partial charge in [-0.15, -0.1) is 0 Å². The lowest BCUT2D eigenvalue weighted by Gasteiger charge is -2.51. The van der Waals surface area contributed by atoms with Crippen molar-refractivity contribution < 1.29 is 24.1 Å². The molecule has 2 fully saturated rings. The summed E-state index contributed by atoms with van der Waals surface area (Å²) in [7, 11) is 1.42. The lowest BCUT2D eigenvalue weighted by Crippen LogP contribution is -2.53. The summed E-state index contributed by atoms with van der Waals surface area (Å²) in [6.45, 7) is 2.31. The van der Waals surface area contributed by atoms with Gasteiger partial charge in [0.05, 0.1) is 19.1 Å². The van der Waals surface area contributed by atoms with E-state index in [4.69, 9.17) is 14.2 Å². The molecule has 0 radical (unpaired) electrons. The molecule has 1 aliphatic carbocycles. The average molecular weight is 359 g/mol. The molecular formula is C20H25NO5. The third-order valence-corrected chi connectivity index (χ3v) is 6.85. The second kappa shape index (κ2) is 6.13. The second-order valence-corrected chi connectivity index (χ2v) is 8.02. The maximum absolute atomic E-state index is 12.4. The summed E-state index contributed by atoms with van der Waals surface area (Å²) in [5.41, 5.74) is 2.61. The van der Waals surface area contributed by atoms with Crippen molar-refractivity contribution >= 4 is 5.97 Å². The fraction of sp³-hybridized carbons (Fsp3) is 0.650. The highest BCUT2D eigenvalue weighted by Gasteiger charge is 2.49. The van der Waals surface area contributed by atoms with Gasteiger partial charge < -0.3 is 19.3 Å². The van der Waals surface area contributed by atoms with E-state index in [0.717, 1.165) is 43.9 Å². The summed E-state index contributed by atoms with van der Waals surface area (Å²) in [4.78, 5) is 14.9. The number of aliphatic hydroxyl groups is 1. The summed E-state index contributed by atoms with van der Waals surface area (Å²) in [5, 5.41) is 10.5. The van der Waals surface area contributed by atoms with Crippen LogP contribution in [0.2, 0.25) is 0 Å². The lowest BCUT2D eigenvalue weighted by atomic mass is 9.64. The summed E-state index contributed by atoms with van der Waals surface area (Å²) < 4.78 is 16.1. The van der Waals surface area contributed by atoms with Crippen LogP contribution in [0.1, 0.15) is 36.4 Å². The number of rotatable bonds is 1. The second-order valence-electron chi connectivity index (χ2n) is 8.02. The molecule has 6 nitrogen and oxygen atoms in total. The van der Waals surface area contributed by atoms with Gasteiger partial charge in [0.25, 0.3) is 0 Å². The number of hydrogen-bond donors (Lipinski definition) is 1. The maximum atomic E-state index is 12.4. The molecule has 5 rings (SSSR count). The van der Waals surface area contributed by atoms with Gasteiger partial charge in [0.15, 0.2) is 11.5 Å². The lowest BCUT2D eigenvalue weighted by molar-refractivity contribution is -0.160. The van der Waals surface area contributed by atoms with Crippen LogP contribution in [-0.2, 0) is 16.0 Å². The Morgan fingerprint density at radius 1 is 1.27 bits per heavy atom. The van der Waals surface area contributed by atoms with Crippen molar-refractivity contribution in [3.63, 3.8) is 0 Å². The molecule has 0 spiro atoms. The molecule has 0 bridgehead atoms. The predicted molar refractivity (Wildman–Crippen MR) is 92.9 cm³/mol. The van der Waals surface area contributed by atoms with Crippen LogP contribution in [0, 0.1) is 17.8 Å². The van der Waals surface area contributed by atoms with Crippen molar-refractivity contribution in [2.24, 2.45) is 17.8 Å². The van der Waals surface area contributed by atoms with Crippen LogP contribution in [-0.4, -0.2) is 49.1 Å². The van der Waals surface area contributed by atoms with Gasteiger partial charge in [0, 0.05) is 19.1 Å². The minimum atomic E-state index is -0.588. The SMILES string of the molecule is COC(=O)[C@H]1[C@H]2C[C@H]3c4cc5c(cc4CCN3C[C@H]2CC[C@H]1O)OCO5. The summed E-state index contributed by atoms with van der Waals surface area (Å²) in [6.07, 6.45) is 2.98. The van der Waals surface area contributed by atoms with Gasteiger partial charge in [-0.05, 0) is 60.8 Å². The quantitative estimate of drug-likeness (QED) is 0.773. The molecule has 1 N–H and O–H groups in total. The molecule has 3 aliphatic heterocycles. The van der Waals surface area contributed by atoms with Crippen LogP contribution in [0.3, 0.4) is 0 Å². The first-order valence-electron chi connectivity index (χ1n) is 9.58. The molecule has 0 aromatic heterocycles. The number of fused-ring (bicyclic) bond motifs is 5. The Labute approximate surface area is 153 Å². The standard InChI is InChI=1S/C20H25NO5/c1-24-20(23)19-14-7-15-13-8-18-17(25-10-26-18)6-11(13)4-5-21(15)9-12(14)2-3-16(19)22/h6,8,12,14-16,19,22H,2-5,7,9-10H2,1H3/t12-,14+,15+,16-,19+/m1/s1. The average Bonchev–Trinajstić information content (AvgIpc) is 3.11. The molecule has 1 aromatic carbocycles. The van der Waals surface area contributed by atoms with Crippen molar-refractivity contribution in [3.8, 4) is 11.5 Å². The summed E-state index contributed by atoms with van der Waals surface area (Å²) in [6, 6.07) is 4.52. The number of aliphatic hydroxyl groups excluding tert-OH is 1. The molecule has 6 heteroatoms. The van der Waals surface area contributed by atoms with E-state index in [-0.39, 0.29) is 24.7 Å². The Kier molecular flexibility index (Phi) is 3.87. The number of nitrogens with zero attached hydrogens (tertiary/aromatic N) is 1. The van der Waals surface area contributed by atoms with Crippen LogP contribution in [0.4, 0.5) is 0 Å². The molecule has 4 aliphatic rings. The molecular weight excluding hydrogens is 334 g/mol. The van der Waals surface area contributed by atoms with E-state index in [0.29, 0.717) is 12.3 Å². The van der Waals surface area contributed by atoms with Crippen molar-refractivity contribution in [2.45, 2.75) is 37.8 Å².